The predicted octanol–water partition coefficient (Wildman–Crippen LogP) is 1.96. The van der Waals surface area contributed by atoms with Crippen molar-refractivity contribution in [1.82, 2.24) is 0 Å². The molecule has 1 aliphatic heterocycles. The van der Waals surface area contributed by atoms with E-state index in [0.717, 1.165) is 19.1 Å². The lowest BCUT2D eigenvalue weighted by Gasteiger charge is -2.18. The van der Waals surface area contributed by atoms with Crippen LogP contribution in [0.3, 0.4) is 0 Å². The van der Waals surface area contributed by atoms with Gasteiger partial charge in [0.2, 0.25) is 0 Å². The van der Waals surface area contributed by atoms with Crippen LogP contribution in [0.25, 0.3) is 0 Å². The van der Waals surface area contributed by atoms with Crippen molar-refractivity contribution in [3.8, 4) is 11.5 Å². The number of rotatable bonds is 6. The summed E-state index contributed by atoms with van der Waals surface area (Å²) in [4.78, 5) is 34.1. The highest BCUT2D eigenvalue weighted by molar-refractivity contribution is 6.20. The third-order valence-corrected chi connectivity index (χ3v) is 3.43. The molecule has 0 aromatic heterocycles. The number of benzene rings is 1. The third kappa shape index (κ3) is 3.97. The number of allylic oxidation sites excluding steroid dienone is 1. The summed E-state index contributed by atoms with van der Waals surface area (Å²) in [5, 5.41) is 28.5. The number of esters is 1. The molecular formula is C16H16N2O8. The molecule has 2 rings (SSSR count). The van der Waals surface area contributed by atoms with Crippen LogP contribution in [0.4, 0.5) is 5.69 Å². The number of hydrogen-bond donors (Lipinski definition) is 2. The molecule has 26 heavy (non-hydrogen) atoms. The summed E-state index contributed by atoms with van der Waals surface area (Å²) in [5.74, 6) is -1.98. The number of carbonyl (C=O) groups is 2. The fraction of sp³-hybridized carbons (Fsp3) is 0.312. The molecule has 2 N–H and O–H groups in total. The Kier molecular flexibility index (Phi) is 5.55. The van der Waals surface area contributed by atoms with E-state index >= 15 is 0 Å². The lowest BCUT2D eigenvalue weighted by Crippen LogP contribution is -2.18. The molecule has 0 aliphatic carbocycles. The van der Waals surface area contributed by atoms with Crippen molar-refractivity contribution in [2.75, 3.05) is 19.8 Å². The van der Waals surface area contributed by atoms with Gasteiger partial charge in [0.1, 0.15) is 31.1 Å². The second-order valence-electron chi connectivity index (χ2n) is 5.35. The van der Waals surface area contributed by atoms with Gasteiger partial charge in [0.15, 0.2) is 17.3 Å². The van der Waals surface area contributed by atoms with Crippen LogP contribution < -0.4 is 9.47 Å². The van der Waals surface area contributed by atoms with Crippen molar-refractivity contribution in [2.24, 2.45) is 0 Å². The van der Waals surface area contributed by atoms with Crippen LogP contribution >= 0.6 is 0 Å². The minimum absolute atomic E-state index is 0.139. The lowest BCUT2D eigenvalue weighted by atomic mass is 10.1. The molecule has 0 fully saturated rings. The second-order valence-corrected chi connectivity index (χ2v) is 5.35. The van der Waals surface area contributed by atoms with Crippen molar-refractivity contribution >= 4 is 23.2 Å². The van der Waals surface area contributed by atoms with Crippen molar-refractivity contribution in [3.05, 3.63) is 39.1 Å². The van der Waals surface area contributed by atoms with E-state index in [2.05, 4.69) is 0 Å². The maximum absolute atomic E-state index is 12.2. The standard InChI is InChI=1S/C16H16N2O8/c1-8(17)15(9(2)19)12(20)7-26-16(21)10-5-13-14(25-4-3-24-13)6-11(10)18(22)23/h5-6,17,20H,3-4,7H2,1-2H3/b15-12-,17-8?. The van der Waals surface area contributed by atoms with Crippen LogP contribution in [0, 0.1) is 15.5 Å². The SMILES string of the molecule is CC(=N)/C(C(C)=O)=C(/O)COC(=O)c1cc2c(cc1[N+](=O)[O-])OCCO2. The van der Waals surface area contributed by atoms with E-state index in [0.29, 0.717) is 0 Å². The Hall–Kier alpha value is -3.43. The average Bonchev–Trinajstić information content (AvgIpc) is 2.57. The number of aliphatic hydroxyl groups is 1. The molecule has 0 amide bonds. The van der Waals surface area contributed by atoms with Crippen molar-refractivity contribution in [3.63, 3.8) is 0 Å². The molecule has 1 heterocycles. The van der Waals surface area contributed by atoms with Crippen molar-refractivity contribution in [1.29, 1.82) is 5.41 Å². The monoisotopic (exact) mass is 364 g/mol. The zero-order valence-electron chi connectivity index (χ0n) is 14.0. The Bertz CT molecular complexity index is 812. The zero-order chi connectivity index (χ0) is 19.4. The molecular weight excluding hydrogens is 348 g/mol. The average molecular weight is 364 g/mol. The number of ketones is 1. The Morgan fingerprint density at radius 1 is 1.27 bits per heavy atom. The highest BCUT2D eigenvalue weighted by atomic mass is 16.6. The Balaban J connectivity index is 2.29. The number of ether oxygens (including phenoxy) is 3. The second kappa shape index (κ2) is 7.64. The molecule has 0 radical (unpaired) electrons. The van der Waals surface area contributed by atoms with Crippen LogP contribution in [-0.2, 0) is 9.53 Å². The molecule has 0 atom stereocenters. The van der Waals surface area contributed by atoms with Crippen LogP contribution in [0.2, 0.25) is 0 Å². The third-order valence-electron chi connectivity index (χ3n) is 3.43. The first-order chi connectivity index (χ1) is 12.2. The van der Waals surface area contributed by atoms with Crippen LogP contribution in [0.15, 0.2) is 23.5 Å². The van der Waals surface area contributed by atoms with E-state index in [-0.39, 0.29) is 41.6 Å². The Labute approximate surface area is 147 Å². The van der Waals surface area contributed by atoms with E-state index in [1.165, 1.54) is 6.92 Å². The van der Waals surface area contributed by atoms with Gasteiger partial charge in [-0.05, 0) is 13.8 Å². The quantitative estimate of drug-likeness (QED) is 0.194. The summed E-state index contributed by atoms with van der Waals surface area (Å²) in [6, 6.07) is 2.19. The maximum Gasteiger partial charge on any atom is 0.345 e. The number of hydrogen-bond acceptors (Lipinski definition) is 9. The van der Waals surface area contributed by atoms with Gasteiger partial charge in [0.25, 0.3) is 5.69 Å². The van der Waals surface area contributed by atoms with E-state index in [4.69, 9.17) is 19.6 Å². The molecule has 0 spiro atoms. The summed E-state index contributed by atoms with van der Waals surface area (Å²) >= 11 is 0. The molecule has 1 aliphatic rings. The number of nitrogens with one attached hydrogen (secondary N) is 1. The maximum atomic E-state index is 12.2. The smallest absolute Gasteiger partial charge is 0.345 e. The largest absolute Gasteiger partial charge is 0.508 e. The van der Waals surface area contributed by atoms with Gasteiger partial charge in [-0.2, -0.15) is 0 Å². The molecule has 1 aromatic carbocycles. The van der Waals surface area contributed by atoms with E-state index in [1.807, 2.05) is 0 Å². The predicted molar refractivity (Wildman–Crippen MR) is 88.1 cm³/mol. The Morgan fingerprint density at radius 2 is 1.85 bits per heavy atom. The number of nitro groups is 1. The van der Waals surface area contributed by atoms with Gasteiger partial charge in [-0.1, -0.05) is 0 Å². The molecule has 0 saturated heterocycles. The number of nitro benzene ring substituents is 1. The van der Waals surface area contributed by atoms with Gasteiger partial charge >= 0.3 is 5.97 Å². The Morgan fingerprint density at radius 3 is 2.35 bits per heavy atom. The zero-order valence-corrected chi connectivity index (χ0v) is 14.0. The molecule has 10 nitrogen and oxygen atoms in total. The van der Waals surface area contributed by atoms with Gasteiger partial charge in [0.05, 0.1) is 16.6 Å². The fourth-order valence-electron chi connectivity index (χ4n) is 2.36. The summed E-state index contributed by atoms with van der Waals surface area (Å²) in [6.45, 7) is 2.18. The summed E-state index contributed by atoms with van der Waals surface area (Å²) in [6.07, 6.45) is 0. The van der Waals surface area contributed by atoms with E-state index < -0.39 is 34.7 Å². The molecule has 0 saturated carbocycles. The molecule has 138 valence electrons. The van der Waals surface area contributed by atoms with Crippen molar-refractivity contribution < 1.29 is 33.8 Å². The van der Waals surface area contributed by atoms with E-state index in [1.54, 1.807) is 0 Å². The van der Waals surface area contributed by atoms with E-state index in [9.17, 15) is 24.8 Å². The normalized spacial score (nSPS) is 13.5. The molecule has 10 heteroatoms. The first-order valence-corrected chi connectivity index (χ1v) is 7.46. The van der Waals surface area contributed by atoms with Crippen molar-refractivity contribution in [2.45, 2.75) is 13.8 Å². The molecule has 0 unspecified atom stereocenters. The van der Waals surface area contributed by atoms with Gasteiger partial charge < -0.3 is 24.7 Å². The number of nitrogens with zero attached hydrogens (tertiary/aromatic N) is 1. The highest BCUT2D eigenvalue weighted by Crippen LogP contribution is 2.36. The molecule has 0 bridgehead atoms. The number of aliphatic hydroxyl groups excluding tert-OH is 1. The van der Waals surface area contributed by atoms with Crippen LogP contribution in [0.1, 0.15) is 24.2 Å². The van der Waals surface area contributed by atoms with Gasteiger partial charge in [-0.25, -0.2) is 4.79 Å². The van der Waals surface area contributed by atoms with Gasteiger partial charge in [-0.3, -0.25) is 14.9 Å². The first-order valence-electron chi connectivity index (χ1n) is 7.46. The molecule has 1 aromatic rings. The summed E-state index contributed by atoms with van der Waals surface area (Å²) < 4.78 is 15.4. The summed E-state index contributed by atoms with van der Waals surface area (Å²) in [5.41, 5.74) is -1.41. The lowest BCUT2D eigenvalue weighted by molar-refractivity contribution is -0.385. The van der Waals surface area contributed by atoms with Gasteiger partial charge in [-0.15, -0.1) is 0 Å². The topological polar surface area (TPSA) is 149 Å². The number of Topliss-reactive ketones (excluding diaryl/α,β-unsaturated/α-hetero) is 1. The minimum Gasteiger partial charge on any atom is -0.508 e. The minimum atomic E-state index is -1.09. The number of fused-ring (bicyclic) bond motifs is 1. The van der Waals surface area contributed by atoms with Gasteiger partial charge in [0, 0.05) is 11.8 Å². The highest BCUT2D eigenvalue weighted by Gasteiger charge is 2.28. The fourth-order valence-corrected chi connectivity index (χ4v) is 2.36. The first kappa shape index (κ1) is 18.9. The van der Waals surface area contributed by atoms with Crippen LogP contribution in [-0.4, -0.2) is 47.3 Å². The van der Waals surface area contributed by atoms with Crippen LogP contribution in [0.5, 0.6) is 11.5 Å². The summed E-state index contributed by atoms with van der Waals surface area (Å²) in [7, 11) is 0. The number of carbonyl (C=O) groups excluding carboxylic acids is 2.